The van der Waals surface area contributed by atoms with Crippen LogP contribution in [-0.4, -0.2) is 29.7 Å². The molecule has 2 nitrogen and oxygen atoms in total. The molecule has 0 amide bonds. The van der Waals surface area contributed by atoms with E-state index < -0.39 is 4.30 Å². The minimum absolute atomic E-state index is 0.750. The SMILES string of the molecule is CCOCC.CO.ClC(Cl)Cl. The van der Waals surface area contributed by atoms with E-state index in [0.29, 0.717) is 0 Å². The van der Waals surface area contributed by atoms with Crippen molar-refractivity contribution in [2.45, 2.75) is 18.1 Å². The van der Waals surface area contributed by atoms with Gasteiger partial charge in [0, 0.05) is 20.3 Å². The van der Waals surface area contributed by atoms with Gasteiger partial charge < -0.3 is 9.84 Å². The fourth-order valence-electron chi connectivity index (χ4n) is 0.204. The van der Waals surface area contributed by atoms with Crippen LogP contribution in [0.15, 0.2) is 0 Å². The van der Waals surface area contributed by atoms with Crippen molar-refractivity contribution in [3.63, 3.8) is 0 Å². The third-order valence-electron chi connectivity index (χ3n) is 0.408. The highest BCUT2D eigenvalue weighted by atomic mass is 35.6. The van der Waals surface area contributed by atoms with Crippen LogP contribution in [0, 0.1) is 0 Å². The van der Waals surface area contributed by atoms with Gasteiger partial charge in [0.25, 0.3) is 0 Å². The zero-order valence-electron chi connectivity index (χ0n) is 6.98. The Kier molecular flexibility index (Phi) is 36.2. The molecule has 0 atom stereocenters. The van der Waals surface area contributed by atoms with Gasteiger partial charge in [-0.3, -0.25) is 0 Å². The van der Waals surface area contributed by atoms with Crippen molar-refractivity contribution in [1.82, 2.24) is 0 Å². The second kappa shape index (κ2) is 22.4. The lowest BCUT2D eigenvalue weighted by Crippen LogP contribution is -1.84. The van der Waals surface area contributed by atoms with Crippen molar-refractivity contribution in [3.05, 3.63) is 0 Å². The number of aliphatic hydroxyl groups excluding tert-OH is 1. The van der Waals surface area contributed by atoms with Crippen molar-refractivity contribution in [1.29, 1.82) is 0 Å². The van der Waals surface area contributed by atoms with E-state index in [1.165, 1.54) is 0 Å². The first kappa shape index (κ1) is 17.8. The van der Waals surface area contributed by atoms with Crippen molar-refractivity contribution >= 4 is 34.8 Å². The van der Waals surface area contributed by atoms with E-state index in [1.807, 2.05) is 13.8 Å². The van der Waals surface area contributed by atoms with Crippen LogP contribution in [0.4, 0.5) is 0 Å². The molecule has 5 heteroatoms. The van der Waals surface area contributed by atoms with Crippen LogP contribution < -0.4 is 0 Å². The summed E-state index contributed by atoms with van der Waals surface area (Å²) in [5, 5.41) is 7.00. The summed E-state index contributed by atoms with van der Waals surface area (Å²) < 4.78 is 4.08. The van der Waals surface area contributed by atoms with Crippen LogP contribution in [0.2, 0.25) is 0 Å². The van der Waals surface area contributed by atoms with E-state index in [9.17, 15) is 0 Å². The lowest BCUT2D eigenvalue weighted by molar-refractivity contribution is 0.162. The van der Waals surface area contributed by atoms with E-state index >= 15 is 0 Å². The fourth-order valence-corrected chi connectivity index (χ4v) is 0.204. The van der Waals surface area contributed by atoms with Gasteiger partial charge in [0.1, 0.15) is 0 Å². The second-order valence-corrected chi connectivity index (χ2v) is 3.01. The van der Waals surface area contributed by atoms with Crippen molar-refractivity contribution in [2.75, 3.05) is 20.3 Å². The minimum Gasteiger partial charge on any atom is -0.400 e. The van der Waals surface area contributed by atoms with Gasteiger partial charge in [0.15, 0.2) is 4.30 Å². The molecule has 0 aromatic heterocycles. The van der Waals surface area contributed by atoms with Crippen LogP contribution in [0.25, 0.3) is 0 Å². The normalized spacial score (nSPS) is 7.64. The van der Waals surface area contributed by atoms with Crippen LogP contribution in [0.3, 0.4) is 0 Å². The van der Waals surface area contributed by atoms with Crippen molar-refractivity contribution in [3.8, 4) is 0 Å². The van der Waals surface area contributed by atoms with Gasteiger partial charge in [-0.05, 0) is 13.8 Å². The van der Waals surface area contributed by atoms with E-state index in [0.717, 1.165) is 20.3 Å². The van der Waals surface area contributed by atoms with E-state index in [1.54, 1.807) is 0 Å². The predicted molar refractivity (Wildman–Crippen MR) is 51.7 cm³/mol. The highest BCUT2D eigenvalue weighted by molar-refractivity contribution is 6.63. The van der Waals surface area contributed by atoms with E-state index in [4.69, 9.17) is 44.6 Å². The summed E-state index contributed by atoms with van der Waals surface area (Å²) in [6, 6.07) is 0. The van der Waals surface area contributed by atoms with Gasteiger partial charge in [-0.25, -0.2) is 0 Å². The molecular weight excluding hydrogens is 210 g/mol. The van der Waals surface area contributed by atoms with Crippen LogP contribution in [0.1, 0.15) is 13.8 Å². The van der Waals surface area contributed by atoms with Gasteiger partial charge in [-0.15, -0.1) is 0 Å². The van der Waals surface area contributed by atoms with Gasteiger partial charge in [0.2, 0.25) is 0 Å². The molecule has 11 heavy (non-hydrogen) atoms. The molecule has 0 saturated carbocycles. The summed E-state index contributed by atoms with van der Waals surface area (Å²) in [4.78, 5) is 0. The van der Waals surface area contributed by atoms with Crippen LogP contribution >= 0.6 is 34.8 Å². The Bertz CT molecular complexity index is 40.1. The van der Waals surface area contributed by atoms with Crippen molar-refractivity contribution < 1.29 is 9.84 Å². The summed E-state index contributed by atoms with van der Waals surface area (Å²) >= 11 is 14.4. The Morgan fingerprint density at radius 2 is 1.27 bits per heavy atom. The summed E-state index contributed by atoms with van der Waals surface area (Å²) in [7, 11) is 1.00. The molecule has 0 aliphatic carbocycles. The first-order chi connectivity index (χ1) is 5.15. The third kappa shape index (κ3) is 107. The quantitative estimate of drug-likeness (QED) is 0.732. The topological polar surface area (TPSA) is 29.5 Å². The second-order valence-electron chi connectivity index (χ2n) is 1.03. The largest absolute Gasteiger partial charge is 0.400 e. The number of hydrogen-bond donors (Lipinski definition) is 1. The number of ether oxygens (including phenoxy) is 1. The zero-order valence-corrected chi connectivity index (χ0v) is 9.25. The number of hydrogen-bond acceptors (Lipinski definition) is 2. The molecule has 0 aliphatic heterocycles. The molecule has 0 radical (unpaired) electrons. The Labute approximate surface area is 83.4 Å². The predicted octanol–water partition coefficient (Wildman–Crippen LogP) is 2.64. The number of alkyl halides is 3. The van der Waals surface area contributed by atoms with Gasteiger partial charge in [0.05, 0.1) is 0 Å². The standard InChI is InChI=1S/C4H10O.CHCl3.CH4O/c1-3-5-4-2;2-1(3)4;1-2/h3-4H2,1-2H3;1H;2H,1H3. The summed E-state index contributed by atoms with van der Waals surface area (Å²) in [5.74, 6) is 0. The average Bonchev–Trinajstić information content (AvgIpc) is 1.93. The molecule has 0 bridgehead atoms. The molecule has 0 aliphatic rings. The Balaban J connectivity index is -0.0000000965. The smallest absolute Gasteiger partial charge is 0.180 e. The summed E-state index contributed by atoms with van der Waals surface area (Å²) in [5.41, 5.74) is 0. The molecule has 0 spiro atoms. The maximum atomic E-state index is 7.00. The molecule has 0 aromatic rings. The molecule has 0 rings (SSSR count). The first-order valence-corrected chi connectivity index (χ1v) is 4.40. The van der Waals surface area contributed by atoms with E-state index in [-0.39, 0.29) is 0 Å². The molecule has 0 heterocycles. The lowest BCUT2D eigenvalue weighted by Gasteiger charge is -1.86. The highest BCUT2D eigenvalue weighted by Gasteiger charge is 1.78. The molecule has 0 unspecified atom stereocenters. The van der Waals surface area contributed by atoms with Crippen LogP contribution in [0.5, 0.6) is 0 Å². The maximum Gasteiger partial charge on any atom is 0.180 e. The molecule has 0 aromatic carbocycles. The molecule has 1 N–H and O–H groups in total. The van der Waals surface area contributed by atoms with Gasteiger partial charge in [-0.1, -0.05) is 34.8 Å². The Morgan fingerprint density at radius 3 is 1.27 bits per heavy atom. The Morgan fingerprint density at radius 1 is 1.09 bits per heavy atom. The van der Waals surface area contributed by atoms with Gasteiger partial charge in [-0.2, -0.15) is 0 Å². The van der Waals surface area contributed by atoms with Crippen LogP contribution in [-0.2, 0) is 4.74 Å². The molecule has 72 valence electrons. The van der Waals surface area contributed by atoms with E-state index in [2.05, 4.69) is 0 Å². The maximum absolute atomic E-state index is 7.00. The molecular formula is C6H15Cl3O2. The monoisotopic (exact) mass is 224 g/mol. The Hall–Kier alpha value is 0.790. The van der Waals surface area contributed by atoms with Crippen molar-refractivity contribution in [2.24, 2.45) is 0 Å². The summed E-state index contributed by atoms with van der Waals surface area (Å²) in [6.07, 6.45) is 0. The third-order valence-corrected chi connectivity index (χ3v) is 0.408. The molecule has 0 saturated heterocycles. The zero-order chi connectivity index (χ0) is 9.70. The highest BCUT2D eigenvalue weighted by Crippen LogP contribution is 2.03. The lowest BCUT2D eigenvalue weighted by atomic mass is 10.8. The number of rotatable bonds is 2. The minimum atomic E-state index is -0.750. The fraction of sp³-hybridized carbons (Fsp3) is 1.00. The average molecular weight is 226 g/mol. The number of aliphatic hydroxyl groups is 1. The first-order valence-electron chi connectivity index (χ1n) is 3.09. The molecule has 0 fully saturated rings. The summed E-state index contributed by atoms with van der Waals surface area (Å²) in [6.45, 7) is 5.67. The number of halogens is 3. The van der Waals surface area contributed by atoms with Gasteiger partial charge >= 0.3 is 0 Å².